The zero-order chi connectivity index (χ0) is 22.3. The number of hydrazone groups is 1. The van der Waals surface area contributed by atoms with Crippen LogP contribution in [0.4, 0.5) is 11.4 Å². The van der Waals surface area contributed by atoms with Crippen molar-refractivity contribution in [3.63, 3.8) is 0 Å². The Morgan fingerprint density at radius 3 is 2.31 bits per heavy atom. The Bertz CT molecular complexity index is 1360. The largest absolute Gasteiger partial charge is 0.325 e. The Morgan fingerprint density at radius 2 is 1.56 bits per heavy atom. The van der Waals surface area contributed by atoms with Crippen molar-refractivity contribution in [1.82, 2.24) is 0 Å². The molecule has 2 spiro atoms. The van der Waals surface area contributed by atoms with Gasteiger partial charge >= 0.3 is 0 Å². The number of nitrogens with one attached hydrogen (secondary N) is 1. The first-order valence-electron chi connectivity index (χ1n) is 10.3. The van der Waals surface area contributed by atoms with Crippen LogP contribution in [0.3, 0.4) is 0 Å². The lowest BCUT2D eigenvalue weighted by atomic mass is 9.84. The normalized spacial score (nSPS) is 27.7. The number of hydrogen-bond acceptors (Lipinski definition) is 3. The number of hydrogen-bond donors (Lipinski definition) is 1. The highest BCUT2D eigenvalue weighted by Crippen LogP contribution is 2.80. The summed E-state index contributed by atoms with van der Waals surface area (Å²) < 4.78 is 0. The highest BCUT2D eigenvalue weighted by molar-refractivity contribution is 6.37. The van der Waals surface area contributed by atoms with Crippen LogP contribution in [0.2, 0.25) is 10.0 Å². The first-order valence-corrected chi connectivity index (χ1v) is 11.0. The second kappa shape index (κ2) is 6.44. The quantitative estimate of drug-likeness (QED) is 0.555. The van der Waals surface area contributed by atoms with Crippen LogP contribution < -0.4 is 10.3 Å². The maximum Gasteiger partial charge on any atom is 0.261 e. The first kappa shape index (κ1) is 19.5. The lowest BCUT2D eigenvalue weighted by Crippen LogP contribution is -2.38. The van der Waals surface area contributed by atoms with E-state index in [4.69, 9.17) is 23.2 Å². The molecule has 3 aromatic rings. The van der Waals surface area contributed by atoms with E-state index in [1.807, 2.05) is 61.5 Å². The Balaban J connectivity index is 1.64. The summed E-state index contributed by atoms with van der Waals surface area (Å²) in [6.45, 7) is 1.81. The lowest BCUT2D eigenvalue weighted by molar-refractivity contribution is -0.125. The molecule has 0 radical (unpaired) electrons. The second-order valence-electron chi connectivity index (χ2n) is 8.32. The third-order valence-corrected chi connectivity index (χ3v) is 7.65. The molecule has 1 aliphatic carbocycles. The summed E-state index contributed by atoms with van der Waals surface area (Å²) in [6.07, 6.45) is 0. The van der Waals surface area contributed by atoms with E-state index in [-0.39, 0.29) is 11.8 Å². The number of fused-ring (bicyclic) bond motifs is 3. The molecule has 3 aliphatic rings. The summed E-state index contributed by atoms with van der Waals surface area (Å²) >= 11 is 13.3. The van der Waals surface area contributed by atoms with Gasteiger partial charge < -0.3 is 5.32 Å². The molecule has 6 rings (SSSR count). The zero-order valence-electron chi connectivity index (χ0n) is 17.0. The van der Waals surface area contributed by atoms with Gasteiger partial charge in [0.1, 0.15) is 10.8 Å². The van der Waals surface area contributed by atoms with E-state index < -0.39 is 16.7 Å². The van der Waals surface area contributed by atoms with E-state index in [0.29, 0.717) is 32.7 Å². The molecule has 0 saturated heterocycles. The molecule has 3 aromatic carbocycles. The fourth-order valence-corrected chi connectivity index (χ4v) is 6.36. The van der Waals surface area contributed by atoms with Gasteiger partial charge in [-0.15, -0.1) is 0 Å². The number of rotatable bonds is 2. The van der Waals surface area contributed by atoms with Crippen molar-refractivity contribution in [3.05, 3.63) is 94.0 Å². The summed E-state index contributed by atoms with van der Waals surface area (Å²) in [5.41, 5.74) is 0.763. The van der Waals surface area contributed by atoms with Crippen molar-refractivity contribution in [3.8, 4) is 0 Å². The summed E-state index contributed by atoms with van der Waals surface area (Å²) in [5, 5.41) is 9.95. The predicted molar refractivity (Wildman–Crippen MR) is 125 cm³/mol. The van der Waals surface area contributed by atoms with E-state index in [9.17, 15) is 9.59 Å². The van der Waals surface area contributed by atoms with Gasteiger partial charge in [0, 0.05) is 27.2 Å². The van der Waals surface area contributed by atoms with Gasteiger partial charge in [-0.2, -0.15) is 10.1 Å². The second-order valence-corrected chi connectivity index (χ2v) is 9.14. The SMILES string of the molecule is CC1=NN(c2ccccc2)C(=O)[C@@]12C(c1ccccc1Cl)[C@]21C(=O)Nc2cccc(Cl)c21. The summed E-state index contributed by atoms with van der Waals surface area (Å²) in [6, 6.07) is 21.9. The predicted octanol–water partition coefficient (Wildman–Crippen LogP) is 5.39. The van der Waals surface area contributed by atoms with Gasteiger partial charge in [-0.05, 0) is 42.8 Å². The van der Waals surface area contributed by atoms with Gasteiger partial charge in [-0.25, -0.2) is 0 Å². The van der Waals surface area contributed by atoms with Gasteiger partial charge in [-0.1, -0.05) is 65.7 Å². The van der Waals surface area contributed by atoms with Gasteiger partial charge in [-0.3, -0.25) is 9.59 Å². The molecule has 1 fully saturated rings. The summed E-state index contributed by atoms with van der Waals surface area (Å²) in [5.74, 6) is -1.05. The number of para-hydroxylation sites is 1. The standard InChI is InChI=1S/C25H17Cl2N3O2/c1-14-24(23(32)30(29-14)15-8-3-2-4-9-15)21(16-10-5-6-11-17(16)26)25(24)20-18(27)12-7-13-19(20)28-22(25)31/h2-13,21H,1H3,(H,28,31)/t21?,24-,25+/m0/s1. The molecule has 5 nitrogen and oxygen atoms in total. The number of halogens is 2. The van der Waals surface area contributed by atoms with Crippen molar-refractivity contribution in [2.24, 2.45) is 10.5 Å². The summed E-state index contributed by atoms with van der Waals surface area (Å²) in [7, 11) is 0. The molecule has 2 heterocycles. The smallest absolute Gasteiger partial charge is 0.261 e. The van der Waals surface area contributed by atoms with Crippen LogP contribution in [0.1, 0.15) is 24.0 Å². The van der Waals surface area contributed by atoms with E-state index in [1.54, 1.807) is 18.2 Å². The molecular formula is C25H17Cl2N3O2. The van der Waals surface area contributed by atoms with Crippen LogP contribution in [-0.2, 0) is 15.0 Å². The molecular weight excluding hydrogens is 445 g/mol. The lowest BCUT2D eigenvalue weighted by Gasteiger charge is -2.18. The average molecular weight is 462 g/mol. The topological polar surface area (TPSA) is 61.8 Å². The number of nitrogens with zero attached hydrogens (tertiary/aromatic N) is 2. The third-order valence-electron chi connectivity index (χ3n) is 6.99. The Hall–Kier alpha value is -3.15. The minimum Gasteiger partial charge on any atom is -0.325 e. The molecule has 7 heteroatoms. The van der Waals surface area contributed by atoms with E-state index in [2.05, 4.69) is 10.4 Å². The van der Waals surface area contributed by atoms with E-state index in [1.165, 1.54) is 5.01 Å². The maximum absolute atomic E-state index is 14.2. The van der Waals surface area contributed by atoms with Crippen LogP contribution in [0.25, 0.3) is 0 Å². The monoisotopic (exact) mass is 461 g/mol. The number of benzene rings is 3. The molecule has 0 aromatic heterocycles. The molecule has 3 atom stereocenters. The van der Waals surface area contributed by atoms with Crippen LogP contribution >= 0.6 is 23.2 Å². The highest BCUT2D eigenvalue weighted by Gasteiger charge is 2.90. The number of carbonyl (C=O) groups is 2. The van der Waals surface area contributed by atoms with Crippen LogP contribution in [0.15, 0.2) is 77.9 Å². The van der Waals surface area contributed by atoms with Gasteiger partial charge in [0.15, 0.2) is 0 Å². The third kappa shape index (κ3) is 2.08. The van der Waals surface area contributed by atoms with Crippen LogP contribution in [0.5, 0.6) is 0 Å². The summed E-state index contributed by atoms with van der Waals surface area (Å²) in [4.78, 5) is 27.9. The van der Waals surface area contributed by atoms with Crippen molar-refractivity contribution in [1.29, 1.82) is 0 Å². The average Bonchev–Trinajstić information content (AvgIpc) is 3.19. The van der Waals surface area contributed by atoms with Crippen molar-refractivity contribution in [2.45, 2.75) is 18.3 Å². The number of amides is 2. The molecule has 32 heavy (non-hydrogen) atoms. The van der Waals surface area contributed by atoms with Crippen molar-refractivity contribution < 1.29 is 9.59 Å². The molecule has 1 saturated carbocycles. The van der Waals surface area contributed by atoms with E-state index in [0.717, 1.165) is 5.56 Å². The molecule has 0 bridgehead atoms. The molecule has 158 valence electrons. The van der Waals surface area contributed by atoms with Crippen LogP contribution in [0, 0.1) is 5.41 Å². The number of anilines is 2. The molecule has 1 N–H and O–H groups in total. The maximum atomic E-state index is 14.2. The van der Waals surface area contributed by atoms with Crippen molar-refractivity contribution in [2.75, 3.05) is 10.3 Å². The Labute approximate surface area is 194 Å². The Kier molecular flexibility index (Phi) is 3.93. The Morgan fingerprint density at radius 1 is 0.875 bits per heavy atom. The minimum absolute atomic E-state index is 0.256. The molecule has 2 amide bonds. The zero-order valence-corrected chi connectivity index (χ0v) is 18.5. The van der Waals surface area contributed by atoms with Gasteiger partial charge in [0.25, 0.3) is 5.91 Å². The van der Waals surface area contributed by atoms with Crippen molar-refractivity contribution >= 4 is 52.1 Å². The first-order chi connectivity index (χ1) is 15.5. The molecule has 1 unspecified atom stereocenters. The molecule has 2 aliphatic heterocycles. The fraction of sp³-hybridized carbons (Fsp3) is 0.160. The van der Waals surface area contributed by atoms with E-state index >= 15 is 0 Å². The van der Waals surface area contributed by atoms with Gasteiger partial charge in [0.2, 0.25) is 5.91 Å². The minimum atomic E-state index is -1.22. The number of carbonyl (C=O) groups excluding carboxylic acids is 2. The van der Waals surface area contributed by atoms with Gasteiger partial charge in [0.05, 0.1) is 11.4 Å². The highest BCUT2D eigenvalue weighted by atomic mass is 35.5. The van der Waals surface area contributed by atoms with Crippen LogP contribution in [-0.4, -0.2) is 17.5 Å². The fourth-order valence-electron chi connectivity index (χ4n) is 5.79.